The number of rotatable bonds is 4. The third-order valence-corrected chi connectivity index (χ3v) is 4.14. The van der Waals surface area contributed by atoms with Crippen molar-refractivity contribution < 1.29 is 4.79 Å². The van der Waals surface area contributed by atoms with E-state index in [2.05, 4.69) is 20.6 Å². The summed E-state index contributed by atoms with van der Waals surface area (Å²) < 4.78 is 0. The molecule has 3 rings (SSSR count). The Bertz CT molecular complexity index is 752. The fraction of sp³-hybridized carbons (Fsp3) is 0.0714. The molecule has 0 unspecified atom stereocenters. The van der Waals surface area contributed by atoms with E-state index >= 15 is 0 Å². The van der Waals surface area contributed by atoms with Crippen LogP contribution in [0.25, 0.3) is 10.7 Å². The van der Waals surface area contributed by atoms with E-state index in [1.165, 1.54) is 18.3 Å². The molecule has 7 heteroatoms. The van der Waals surface area contributed by atoms with Crippen LogP contribution in [0.3, 0.4) is 0 Å². The van der Waals surface area contributed by atoms with E-state index < -0.39 is 0 Å². The van der Waals surface area contributed by atoms with Crippen molar-refractivity contribution in [1.29, 1.82) is 0 Å². The molecule has 0 radical (unpaired) electrons. The Balaban J connectivity index is 1.76. The number of amides is 1. The lowest BCUT2D eigenvalue weighted by Crippen LogP contribution is -2.05. The molecule has 3 aromatic rings. The van der Waals surface area contributed by atoms with Crippen molar-refractivity contribution in [3.05, 3.63) is 41.2 Å². The number of nitrogens with one attached hydrogen (secondary N) is 2. The highest BCUT2D eigenvalue weighted by molar-refractivity contribution is 7.15. The van der Waals surface area contributed by atoms with Gasteiger partial charge in [0.15, 0.2) is 5.13 Å². The van der Waals surface area contributed by atoms with Crippen LogP contribution in [0.4, 0.5) is 16.5 Å². The summed E-state index contributed by atoms with van der Waals surface area (Å²) in [6, 6.07) is 7.51. The summed E-state index contributed by atoms with van der Waals surface area (Å²) >= 11 is 3.08. The Hall–Kier alpha value is -2.25. The molecule has 2 heterocycles. The molecule has 0 aliphatic heterocycles. The average Bonchev–Trinajstić information content (AvgIpc) is 3.08. The van der Waals surface area contributed by atoms with Crippen molar-refractivity contribution in [1.82, 2.24) is 9.97 Å². The van der Waals surface area contributed by atoms with E-state index in [4.69, 9.17) is 0 Å². The largest absolute Gasteiger partial charge is 0.331 e. The lowest BCUT2D eigenvalue weighted by molar-refractivity contribution is -0.114. The topological polar surface area (TPSA) is 66.9 Å². The Morgan fingerprint density at radius 1 is 1.24 bits per heavy atom. The maximum atomic E-state index is 11.1. The molecule has 2 N–H and O–H groups in total. The molecule has 0 aliphatic carbocycles. The van der Waals surface area contributed by atoms with E-state index in [1.807, 2.05) is 35.0 Å². The molecular formula is C14H12N4OS2. The van der Waals surface area contributed by atoms with Crippen LogP contribution in [-0.2, 0) is 4.79 Å². The second-order valence-corrected chi connectivity index (χ2v) is 6.01. The maximum absolute atomic E-state index is 11.1. The molecule has 1 amide bonds. The van der Waals surface area contributed by atoms with Crippen LogP contribution in [0, 0.1) is 0 Å². The second kappa shape index (κ2) is 6.02. The van der Waals surface area contributed by atoms with Gasteiger partial charge >= 0.3 is 0 Å². The SMILES string of the molecule is CC(=O)Nc1cccc(Nc2nc(-c3nccs3)cs2)c1. The third-order valence-electron chi connectivity index (χ3n) is 2.59. The molecule has 0 saturated carbocycles. The number of benzene rings is 1. The first-order valence-corrected chi connectivity index (χ1v) is 7.97. The van der Waals surface area contributed by atoms with Crippen molar-refractivity contribution in [2.24, 2.45) is 0 Å². The number of carbonyl (C=O) groups is 1. The number of hydrogen-bond acceptors (Lipinski definition) is 6. The van der Waals surface area contributed by atoms with Crippen molar-refractivity contribution in [3.63, 3.8) is 0 Å². The normalized spacial score (nSPS) is 10.3. The highest BCUT2D eigenvalue weighted by atomic mass is 32.1. The molecule has 1 aromatic carbocycles. The van der Waals surface area contributed by atoms with Crippen LogP contribution in [-0.4, -0.2) is 15.9 Å². The Kier molecular flexibility index (Phi) is 3.94. The van der Waals surface area contributed by atoms with E-state index in [9.17, 15) is 4.79 Å². The summed E-state index contributed by atoms with van der Waals surface area (Å²) in [5, 5.41) is 11.6. The van der Waals surface area contributed by atoms with E-state index in [0.717, 1.165) is 27.2 Å². The van der Waals surface area contributed by atoms with Crippen LogP contribution >= 0.6 is 22.7 Å². The zero-order chi connectivity index (χ0) is 14.7. The molecule has 106 valence electrons. The third kappa shape index (κ3) is 3.45. The second-order valence-electron chi connectivity index (χ2n) is 4.26. The Morgan fingerprint density at radius 2 is 2.10 bits per heavy atom. The number of carbonyl (C=O) groups excluding carboxylic acids is 1. The minimum absolute atomic E-state index is 0.0903. The summed E-state index contributed by atoms with van der Waals surface area (Å²) in [4.78, 5) is 19.8. The standard InChI is InChI=1S/C14H12N4OS2/c1-9(19)16-10-3-2-4-11(7-10)17-14-18-12(8-21-14)13-15-5-6-20-13/h2-8H,1H3,(H,16,19)(H,17,18). The fourth-order valence-corrected chi connectivity index (χ4v) is 3.17. The first-order chi connectivity index (χ1) is 10.2. The van der Waals surface area contributed by atoms with E-state index in [0.29, 0.717) is 0 Å². The van der Waals surface area contributed by atoms with Gasteiger partial charge in [-0.3, -0.25) is 4.79 Å². The van der Waals surface area contributed by atoms with Gasteiger partial charge in [-0.15, -0.1) is 22.7 Å². The van der Waals surface area contributed by atoms with Gasteiger partial charge in [0, 0.05) is 35.3 Å². The van der Waals surface area contributed by atoms with Crippen molar-refractivity contribution in [2.45, 2.75) is 6.92 Å². The van der Waals surface area contributed by atoms with Crippen molar-refractivity contribution in [2.75, 3.05) is 10.6 Å². The molecule has 0 bridgehead atoms. The van der Waals surface area contributed by atoms with Crippen LogP contribution in [0.15, 0.2) is 41.2 Å². The van der Waals surface area contributed by atoms with Gasteiger partial charge in [-0.1, -0.05) is 6.07 Å². The molecule has 21 heavy (non-hydrogen) atoms. The highest BCUT2D eigenvalue weighted by Crippen LogP contribution is 2.28. The first kappa shape index (κ1) is 13.7. The van der Waals surface area contributed by atoms with Gasteiger partial charge in [0.25, 0.3) is 0 Å². The lowest BCUT2D eigenvalue weighted by atomic mass is 10.3. The molecule has 0 saturated heterocycles. The molecule has 2 aromatic heterocycles. The first-order valence-electron chi connectivity index (χ1n) is 6.21. The molecule has 0 aliphatic rings. The quantitative estimate of drug-likeness (QED) is 0.764. The summed E-state index contributed by atoms with van der Waals surface area (Å²) in [5.74, 6) is -0.0903. The van der Waals surface area contributed by atoms with Crippen LogP contribution < -0.4 is 10.6 Å². The summed E-state index contributed by atoms with van der Waals surface area (Å²) in [7, 11) is 0. The van der Waals surface area contributed by atoms with Crippen LogP contribution in [0.2, 0.25) is 0 Å². The van der Waals surface area contributed by atoms with Gasteiger partial charge < -0.3 is 10.6 Å². The number of nitrogens with zero attached hydrogens (tertiary/aromatic N) is 2. The lowest BCUT2D eigenvalue weighted by Gasteiger charge is -2.06. The van der Waals surface area contributed by atoms with Crippen molar-refractivity contribution >= 4 is 45.1 Å². The van der Waals surface area contributed by atoms with Gasteiger partial charge in [-0.25, -0.2) is 9.97 Å². The minimum Gasteiger partial charge on any atom is -0.331 e. The average molecular weight is 316 g/mol. The number of thiazole rings is 2. The van der Waals surface area contributed by atoms with Crippen molar-refractivity contribution in [3.8, 4) is 10.7 Å². The summed E-state index contributed by atoms with van der Waals surface area (Å²) in [6.45, 7) is 1.49. The Labute approximate surface area is 129 Å². The minimum atomic E-state index is -0.0903. The molecule has 0 fully saturated rings. The Morgan fingerprint density at radius 3 is 2.86 bits per heavy atom. The maximum Gasteiger partial charge on any atom is 0.221 e. The van der Waals surface area contributed by atoms with E-state index in [-0.39, 0.29) is 5.91 Å². The number of hydrogen-bond donors (Lipinski definition) is 2. The fourth-order valence-electron chi connectivity index (χ4n) is 1.78. The zero-order valence-corrected chi connectivity index (χ0v) is 12.8. The molecular weight excluding hydrogens is 304 g/mol. The number of anilines is 3. The van der Waals surface area contributed by atoms with Gasteiger partial charge in [0.05, 0.1) is 0 Å². The monoisotopic (exact) mass is 316 g/mol. The van der Waals surface area contributed by atoms with Crippen LogP contribution in [0.1, 0.15) is 6.92 Å². The molecule has 5 nitrogen and oxygen atoms in total. The van der Waals surface area contributed by atoms with Gasteiger partial charge in [-0.05, 0) is 18.2 Å². The van der Waals surface area contributed by atoms with Gasteiger partial charge in [0.1, 0.15) is 10.7 Å². The predicted molar refractivity (Wildman–Crippen MR) is 87.3 cm³/mol. The molecule has 0 atom stereocenters. The summed E-state index contributed by atoms with van der Waals surface area (Å²) in [6.07, 6.45) is 1.77. The van der Waals surface area contributed by atoms with Gasteiger partial charge in [0.2, 0.25) is 5.91 Å². The van der Waals surface area contributed by atoms with Gasteiger partial charge in [-0.2, -0.15) is 0 Å². The smallest absolute Gasteiger partial charge is 0.221 e. The van der Waals surface area contributed by atoms with Crippen LogP contribution in [0.5, 0.6) is 0 Å². The summed E-state index contributed by atoms with van der Waals surface area (Å²) in [5.41, 5.74) is 2.50. The predicted octanol–water partition coefficient (Wildman–Crippen LogP) is 3.97. The zero-order valence-electron chi connectivity index (χ0n) is 11.2. The molecule has 0 spiro atoms. The van der Waals surface area contributed by atoms with E-state index in [1.54, 1.807) is 17.5 Å². The number of aromatic nitrogens is 2. The highest BCUT2D eigenvalue weighted by Gasteiger charge is 2.07.